The van der Waals surface area contributed by atoms with E-state index in [4.69, 9.17) is 20.8 Å². The summed E-state index contributed by atoms with van der Waals surface area (Å²) in [6, 6.07) is 5.41. The summed E-state index contributed by atoms with van der Waals surface area (Å²) in [6.45, 7) is 6.38. The fraction of sp³-hybridized carbons (Fsp3) is 0.471. The molecular formula is C17H20ClN3O3. The number of anilines is 1. The molecule has 7 heteroatoms. The molecule has 2 aromatic rings. The van der Waals surface area contributed by atoms with E-state index in [0.29, 0.717) is 47.6 Å². The number of benzene rings is 1. The van der Waals surface area contributed by atoms with Gasteiger partial charge in [-0.3, -0.25) is 4.79 Å². The standard InChI is InChI=1S/C17H20ClN3O3/c1-10(2)17-20-19-14(24-17)7-8-15(22)21-9-11(3)23-16-12(18)5-4-6-13(16)21/h4-6,10-11H,7-9H2,1-3H3/t11-/m1/s1. The van der Waals surface area contributed by atoms with Gasteiger partial charge in [-0.05, 0) is 19.1 Å². The quantitative estimate of drug-likeness (QED) is 0.843. The summed E-state index contributed by atoms with van der Waals surface area (Å²) in [5, 5.41) is 8.49. The second-order valence-electron chi connectivity index (χ2n) is 6.21. The van der Waals surface area contributed by atoms with Crippen molar-refractivity contribution in [3.05, 3.63) is 35.0 Å². The van der Waals surface area contributed by atoms with E-state index in [1.54, 1.807) is 11.0 Å². The number of amides is 1. The minimum atomic E-state index is -0.114. The number of aryl methyl sites for hydroxylation is 1. The summed E-state index contributed by atoms with van der Waals surface area (Å²) in [5.41, 5.74) is 0.707. The Morgan fingerprint density at radius 3 is 2.92 bits per heavy atom. The van der Waals surface area contributed by atoms with Gasteiger partial charge in [0.15, 0.2) is 5.75 Å². The predicted octanol–water partition coefficient (Wildman–Crippen LogP) is 3.59. The smallest absolute Gasteiger partial charge is 0.227 e. The molecule has 128 valence electrons. The van der Waals surface area contributed by atoms with Gasteiger partial charge >= 0.3 is 0 Å². The molecule has 1 aliphatic heterocycles. The second kappa shape index (κ2) is 6.81. The molecule has 0 aliphatic carbocycles. The maximum atomic E-state index is 12.7. The number of rotatable bonds is 4. The zero-order valence-electron chi connectivity index (χ0n) is 14.0. The van der Waals surface area contributed by atoms with E-state index in [-0.39, 0.29) is 17.9 Å². The van der Waals surface area contributed by atoms with Gasteiger partial charge in [-0.15, -0.1) is 10.2 Å². The number of para-hydroxylation sites is 1. The van der Waals surface area contributed by atoms with Crippen LogP contribution in [-0.4, -0.2) is 28.8 Å². The van der Waals surface area contributed by atoms with E-state index < -0.39 is 0 Å². The Morgan fingerprint density at radius 1 is 1.42 bits per heavy atom. The number of carbonyl (C=O) groups is 1. The van der Waals surface area contributed by atoms with Crippen molar-refractivity contribution in [2.24, 2.45) is 0 Å². The lowest BCUT2D eigenvalue weighted by Gasteiger charge is -2.33. The van der Waals surface area contributed by atoms with Gasteiger partial charge in [0.25, 0.3) is 0 Å². The summed E-state index contributed by atoms with van der Waals surface area (Å²) < 4.78 is 11.3. The Kier molecular flexibility index (Phi) is 4.76. The Bertz CT molecular complexity index is 744. The Morgan fingerprint density at radius 2 is 2.21 bits per heavy atom. The zero-order chi connectivity index (χ0) is 17.3. The largest absolute Gasteiger partial charge is 0.485 e. The van der Waals surface area contributed by atoms with Crippen LogP contribution in [0.25, 0.3) is 0 Å². The number of carbonyl (C=O) groups excluding carboxylic acids is 1. The van der Waals surface area contributed by atoms with Crippen LogP contribution in [-0.2, 0) is 11.2 Å². The monoisotopic (exact) mass is 349 g/mol. The average Bonchev–Trinajstić information content (AvgIpc) is 3.02. The molecule has 1 aromatic carbocycles. The number of hydrogen-bond acceptors (Lipinski definition) is 5. The predicted molar refractivity (Wildman–Crippen MR) is 90.6 cm³/mol. The van der Waals surface area contributed by atoms with Crippen molar-refractivity contribution in [2.75, 3.05) is 11.4 Å². The van der Waals surface area contributed by atoms with Crippen LogP contribution >= 0.6 is 11.6 Å². The highest BCUT2D eigenvalue weighted by molar-refractivity contribution is 6.32. The molecule has 0 saturated carbocycles. The molecule has 1 atom stereocenters. The van der Waals surface area contributed by atoms with Crippen molar-refractivity contribution in [1.29, 1.82) is 0 Å². The Balaban J connectivity index is 1.72. The number of nitrogens with zero attached hydrogens (tertiary/aromatic N) is 3. The number of hydrogen-bond donors (Lipinski definition) is 0. The number of halogens is 1. The van der Waals surface area contributed by atoms with Gasteiger partial charge in [-0.1, -0.05) is 31.5 Å². The fourth-order valence-corrected chi connectivity index (χ4v) is 2.82. The summed E-state index contributed by atoms with van der Waals surface area (Å²) in [6.07, 6.45) is 0.593. The van der Waals surface area contributed by atoms with Gasteiger partial charge in [0, 0.05) is 18.8 Å². The molecule has 0 spiro atoms. The lowest BCUT2D eigenvalue weighted by atomic mass is 10.1. The van der Waals surface area contributed by atoms with Gasteiger partial charge in [-0.25, -0.2) is 0 Å². The van der Waals surface area contributed by atoms with Crippen LogP contribution in [0.1, 0.15) is 44.9 Å². The molecule has 24 heavy (non-hydrogen) atoms. The molecule has 1 amide bonds. The van der Waals surface area contributed by atoms with Crippen LogP contribution in [0.2, 0.25) is 5.02 Å². The SMILES string of the molecule is CC(C)c1nnc(CCC(=O)N2C[C@@H](C)Oc3c(Cl)cccc32)o1. The van der Waals surface area contributed by atoms with Gasteiger partial charge in [0.1, 0.15) is 6.10 Å². The van der Waals surface area contributed by atoms with Crippen molar-refractivity contribution < 1.29 is 13.9 Å². The molecule has 0 radical (unpaired) electrons. The van der Waals surface area contributed by atoms with Crippen molar-refractivity contribution in [3.63, 3.8) is 0 Å². The molecule has 3 rings (SSSR count). The molecule has 0 saturated heterocycles. The molecule has 6 nitrogen and oxygen atoms in total. The molecule has 0 bridgehead atoms. The highest BCUT2D eigenvalue weighted by Gasteiger charge is 2.29. The van der Waals surface area contributed by atoms with Gasteiger partial charge in [0.05, 0.1) is 17.3 Å². The first-order valence-electron chi connectivity index (χ1n) is 8.03. The topological polar surface area (TPSA) is 68.5 Å². The summed E-state index contributed by atoms with van der Waals surface area (Å²) >= 11 is 6.19. The van der Waals surface area contributed by atoms with Crippen molar-refractivity contribution >= 4 is 23.2 Å². The molecule has 0 N–H and O–H groups in total. The first-order valence-corrected chi connectivity index (χ1v) is 8.41. The van der Waals surface area contributed by atoms with Crippen LogP contribution in [0.15, 0.2) is 22.6 Å². The zero-order valence-corrected chi connectivity index (χ0v) is 14.7. The molecule has 2 heterocycles. The van der Waals surface area contributed by atoms with Crippen LogP contribution < -0.4 is 9.64 Å². The molecule has 0 fully saturated rings. The molecular weight excluding hydrogens is 330 g/mol. The Labute approximate surface area is 145 Å². The lowest BCUT2D eigenvalue weighted by Crippen LogP contribution is -2.42. The summed E-state index contributed by atoms with van der Waals surface area (Å²) in [5.74, 6) is 1.80. The van der Waals surface area contributed by atoms with E-state index >= 15 is 0 Å². The third kappa shape index (κ3) is 3.38. The van der Waals surface area contributed by atoms with Crippen LogP contribution in [0.4, 0.5) is 5.69 Å². The normalized spacial score (nSPS) is 16.9. The lowest BCUT2D eigenvalue weighted by molar-refractivity contribution is -0.119. The van der Waals surface area contributed by atoms with Crippen LogP contribution in [0.5, 0.6) is 5.75 Å². The maximum Gasteiger partial charge on any atom is 0.227 e. The highest BCUT2D eigenvalue weighted by Crippen LogP contribution is 2.39. The minimum Gasteiger partial charge on any atom is -0.485 e. The van der Waals surface area contributed by atoms with E-state index in [2.05, 4.69) is 10.2 Å². The van der Waals surface area contributed by atoms with Crippen molar-refractivity contribution in [3.8, 4) is 5.75 Å². The molecule has 0 unspecified atom stereocenters. The van der Waals surface area contributed by atoms with Crippen LogP contribution in [0.3, 0.4) is 0 Å². The first kappa shape index (κ1) is 16.8. The fourth-order valence-electron chi connectivity index (χ4n) is 2.61. The van der Waals surface area contributed by atoms with E-state index in [0.717, 1.165) is 0 Å². The maximum absolute atomic E-state index is 12.7. The summed E-state index contributed by atoms with van der Waals surface area (Å²) in [7, 11) is 0. The third-order valence-corrected chi connectivity index (χ3v) is 4.12. The van der Waals surface area contributed by atoms with Crippen molar-refractivity contribution in [1.82, 2.24) is 10.2 Å². The number of ether oxygens (including phenoxy) is 1. The highest BCUT2D eigenvalue weighted by atomic mass is 35.5. The number of fused-ring (bicyclic) bond motifs is 1. The van der Waals surface area contributed by atoms with E-state index in [1.807, 2.05) is 32.9 Å². The van der Waals surface area contributed by atoms with Gasteiger partial charge in [0.2, 0.25) is 17.7 Å². The molecule has 1 aliphatic rings. The van der Waals surface area contributed by atoms with Crippen molar-refractivity contribution in [2.45, 2.75) is 45.6 Å². The second-order valence-corrected chi connectivity index (χ2v) is 6.62. The third-order valence-electron chi connectivity index (χ3n) is 3.83. The Hall–Kier alpha value is -2.08. The first-order chi connectivity index (χ1) is 11.5. The van der Waals surface area contributed by atoms with E-state index in [9.17, 15) is 4.79 Å². The van der Waals surface area contributed by atoms with Gasteiger partial charge in [-0.2, -0.15) is 0 Å². The van der Waals surface area contributed by atoms with Crippen LogP contribution in [0, 0.1) is 0 Å². The average molecular weight is 350 g/mol. The van der Waals surface area contributed by atoms with Gasteiger partial charge < -0.3 is 14.1 Å². The minimum absolute atomic E-state index is 0.0158. The summed E-state index contributed by atoms with van der Waals surface area (Å²) in [4.78, 5) is 14.4. The van der Waals surface area contributed by atoms with E-state index in [1.165, 1.54) is 0 Å². The number of aromatic nitrogens is 2. The molecule has 1 aromatic heterocycles.